The number of hydrogen-bond acceptors (Lipinski definition) is 6. The Morgan fingerprint density at radius 1 is 1.24 bits per heavy atom. The Morgan fingerprint density at radius 3 is 2.66 bits per heavy atom. The van der Waals surface area contributed by atoms with Crippen LogP contribution in [0.15, 0.2) is 28.6 Å². The maximum absolute atomic E-state index is 6.31. The predicted molar refractivity (Wildman–Crippen MR) is 119 cm³/mol. The van der Waals surface area contributed by atoms with E-state index < -0.39 is 0 Å². The van der Waals surface area contributed by atoms with Crippen molar-refractivity contribution < 1.29 is 9.47 Å². The number of benzene rings is 1. The molecule has 1 aliphatic rings. The van der Waals surface area contributed by atoms with Crippen molar-refractivity contribution in [2.45, 2.75) is 44.9 Å². The molecule has 2 N–H and O–H groups in total. The van der Waals surface area contributed by atoms with E-state index in [4.69, 9.17) is 9.47 Å². The van der Waals surface area contributed by atoms with Gasteiger partial charge in [0.15, 0.2) is 22.6 Å². The van der Waals surface area contributed by atoms with E-state index in [-0.39, 0.29) is 6.10 Å². The van der Waals surface area contributed by atoms with Gasteiger partial charge in [-0.15, -0.1) is 11.3 Å². The molecule has 8 heteroatoms. The molecule has 1 aromatic carbocycles. The molecule has 0 amide bonds. The highest BCUT2D eigenvalue weighted by molar-refractivity contribution is 7.13. The molecule has 0 atom stereocenters. The van der Waals surface area contributed by atoms with Gasteiger partial charge in [-0.3, -0.25) is 4.99 Å². The van der Waals surface area contributed by atoms with Crippen LogP contribution in [0.4, 0.5) is 5.13 Å². The fraction of sp³-hybridized carbons (Fsp3) is 0.524. The third-order valence-electron chi connectivity index (χ3n) is 4.90. The first kappa shape index (κ1) is 21.2. The van der Waals surface area contributed by atoms with Crippen molar-refractivity contribution in [1.29, 1.82) is 0 Å². The fourth-order valence-electron chi connectivity index (χ4n) is 3.32. The summed E-state index contributed by atoms with van der Waals surface area (Å²) >= 11 is 1.63. The van der Waals surface area contributed by atoms with Crippen LogP contribution in [0.1, 0.15) is 36.9 Å². The minimum atomic E-state index is 0.276. The third-order valence-corrected chi connectivity index (χ3v) is 5.95. The van der Waals surface area contributed by atoms with Crippen LogP contribution in [-0.4, -0.2) is 45.3 Å². The van der Waals surface area contributed by atoms with E-state index >= 15 is 0 Å². The van der Waals surface area contributed by atoms with Crippen LogP contribution >= 0.6 is 11.3 Å². The molecule has 7 nitrogen and oxygen atoms in total. The zero-order valence-corrected chi connectivity index (χ0v) is 18.5. The Balaban J connectivity index is 1.61. The highest BCUT2D eigenvalue weighted by Crippen LogP contribution is 2.34. The van der Waals surface area contributed by atoms with Gasteiger partial charge >= 0.3 is 0 Å². The van der Waals surface area contributed by atoms with Gasteiger partial charge in [0.2, 0.25) is 0 Å². The van der Waals surface area contributed by atoms with E-state index in [0.29, 0.717) is 13.1 Å². The van der Waals surface area contributed by atoms with Gasteiger partial charge in [-0.1, -0.05) is 12.1 Å². The molecule has 1 heterocycles. The summed E-state index contributed by atoms with van der Waals surface area (Å²) in [5.41, 5.74) is 2.05. The van der Waals surface area contributed by atoms with E-state index in [0.717, 1.165) is 46.7 Å². The quantitative estimate of drug-likeness (QED) is 0.507. The molecular weight excluding hydrogens is 386 g/mol. The maximum atomic E-state index is 6.31. The van der Waals surface area contributed by atoms with Crippen molar-refractivity contribution in [2.75, 3.05) is 33.2 Å². The molecule has 1 saturated carbocycles. The van der Waals surface area contributed by atoms with Crippen LogP contribution in [0.5, 0.6) is 11.5 Å². The highest BCUT2D eigenvalue weighted by Gasteiger charge is 2.20. The number of aromatic nitrogens is 1. The van der Waals surface area contributed by atoms with Crippen LogP contribution in [0.2, 0.25) is 0 Å². The topological polar surface area (TPSA) is 71.0 Å². The average Bonchev–Trinajstić information content (AvgIpc) is 3.41. The summed E-state index contributed by atoms with van der Waals surface area (Å²) in [5, 5.41) is 9.75. The van der Waals surface area contributed by atoms with Crippen LogP contribution < -0.4 is 25.0 Å². The summed E-state index contributed by atoms with van der Waals surface area (Å²) in [4.78, 5) is 10.9. The first-order valence-corrected chi connectivity index (χ1v) is 10.9. The molecular formula is C21H31N5O2S. The number of nitrogens with zero attached hydrogens (tertiary/aromatic N) is 3. The van der Waals surface area contributed by atoms with Crippen molar-refractivity contribution >= 4 is 22.4 Å². The number of methoxy groups -OCH3 is 1. The number of nitrogens with one attached hydrogen (secondary N) is 2. The molecule has 0 spiro atoms. The van der Waals surface area contributed by atoms with E-state index in [2.05, 4.69) is 32.1 Å². The van der Waals surface area contributed by atoms with Gasteiger partial charge in [-0.05, 0) is 31.7 Å². The lowest BCUT2D eigenvalue weighted by Gasteiger charge is -2.20. The van der Waals surface area contributed by atoms with Crippen molar-refractivity contribution in [3.63, 3.8) is 0 Å². The molecule has 0 aliphatic heterocycles. The van der Waals surface area contributed by atoms with Gasteiger partial charge in [0.25, 0.3) is 0 Å². The van der Waals surface area contributed by atoms with Gasteiger partial charge in [0.05, 0.1) is 25.5 Å². The number of guanidine groups is 1. The van der Waals surface area contributed by atoms with Gasteiger partial charge in [-0.25, -0.2) is 4.98 Å². The molecule has 0 unspecified atom stereocenters. The Morgan fingerprint density at radius 2 is 2.00 bits per heavy atom. The highest BCUT2D eigenvalue weighted by atomic mass is 32.1. The maximum Gasteiger partial charge on any atom is 0.191 e. The van der Waals surface area contributed by atoms with E-state index in [9.17, 15) is 0 Å². The lowest BCUT2D eigenvalue weighted by atomic mass is 10.1. The molecule has 2 aromatic rings. The number of anilines is 1. The van der Waals surface area contributed by atoms with E-state index in [1.165, 1.54) is 12.8 Å². The lowest BCUT2D eigenvalue weighted by molar-refractivity contribution is 0.198. The van der Waals surface area contributed by atoms with Crippen LogP contribution in [-0.2, 0) is 13.1 Å². The number of aliphatic imine (C=N–C) groups is 1. The molecule has 0 radical (unpaired) electrons. The minimum Gasteiger partial charge on any atom is -0.493 e. The zero-order valence-electron chi connectivity index (χ0n) is 17.7. The first-order chi connectivity index (χ1) is 14.1. The second-order valence-corrected chi connectivity index (χ2v) is 8.10. The fourth-order valence-corrected chi connectivity index (χ4v) is 4.08. The lowest BCUT2D eigenvalue weighted by Crippen LogP contribution is -2.36. The zero-order chi connectivity index (χ0) is 20.6. The summed E-state index contributed by atoms with van der Waals surface area (Å²) in [5.74, 6) is 2.33. The monoisotopic (exact) mass is 417 g/mol. The Hall–Kier alpha value is -2.48. The third kappa shape index (κ3) is 5.76. The van der Waals surface area contributed by atoms with E-state index in [1.807, 2.05) is 31.1 Å². The number of ether oxygens (including phenoxy) is 2. The van der Waals surface area contributed by atoms with Crippen molar-refractivity contribution in [1.82, 2.24) is 15.6 Å². The van der Waals surface area contributed by atoms with Gasteiger partial charge in [0.1, 0.15) is 0 Å². The number of rotatable bonds is 8. The molecule has 1 aliphatic carbocycles. The smallest absolute Gasteiger partial charge is 0.191 e. The molecule has 3 rings (SSSR count). The number of hydrogen-bond donors (Lipinski definition) is 2. The number of thiazole rings is 1. The second-order valence-electron chi connectivity index (χ2n) is 7.27. The number of para-hydroxylation sites is 1. The minimum absolute atomic E-state index is 0.276. The standard InChI is InChI=1S/C21H31N5O2S/c1-22-20(24-13-16-14-29-21(25-16)26(2)3)23-12-15-8-7-11-18(27-4)19(15)28-17-9-5-6-10-17/h7-8,11,14,17H,5-6,9-10,12-13H2,1-4H3,(H2,22,23,24). The SMILES string of the molecule is CN=C(NCc1csc(N(C)C)n1)NCc1cccc(OC)c1OC1CCCC1. The Kier molecular flexibility index (Phi) is 7.57. The van der Waals surface area contributed by atoms with E-state index in [1.54, 1.807) is 25.5 Å². The Labute approximate surface area is 177 Å². The molecule has 1 fully saturated rings. The average molecular weight is 418 g/mol. The summed E-state index contributed by atoms with van der Waals surface area (Å²) < 4.78 is 11.9. The van der Waals surface area contributed by atoms with Gasteiger partial charge in [-0.2, -0.15) is 0 Å². The van der Waals surface area contributed by atoms with Crippen LogP contribution in [0, 0.1) is 0 Å². The molecule has 29 heavy (non-hydrogen) atoms. The first-order valence-electron chi connectivity index (χ1n) is 9.99. The normalized spacial score (nSPS) is 14.7. The van der Waals surface area contributed by atoms with Crippen LogP contribution in [0.3, 0.4) is 0 Å². The van der Waals surface area contributed by atoms with Crippen molar-refractivity contribution in [3.8, 4) is 11.5 Å². The Bertz CT molecular complexity index is 815. The molecule has 0 saturated heterocycles. The summed E-state index contributed by atoms with van der Waals surface area (Å²) in [7, 11) is 7.44. The summed E-state index contributed by atoms with van der Waals surface area (Å²) in [6, 6.07) is 6.01. The van der Waals surface area contributed by atoms with Crippen molar-refractivity contribution in [3.05, 3.63) is 34.8 Å². The second kappa shape index (κ2) is 10.3. The summed E-state index contributed by atoms with van der Waals surface area (Å²) in [6.45, 7) is 1.21. The largest absolute Gasteiger partial charge is 0.493 e. The van der Waals surface area contributed by atoms with Crippen molar-refractivity contribution in [2.24, 2.45) is 4.99 Å². The predicted octanol–water partition coefficient (Wildman–Crippen LogP) is 3.40. The van der Waals surface area contributed by atoms with Crippen LogP contribution in [0.25, 0.3) is 0 Å². The molecule has 1 aromatic heterocycles. The molecule has 0 bridgehead atoms. The molecule has 158 valence electrons. The van der Waals surface area contributed by atoms with Gasteiger partial charge in [0, 0.05) is 38.6 Å². The van der Waals surface area contributed by atoms with Gasteiger partial charge < -0.3 is 25.0 Å². The summed E-state index contributed by atoms with van der Waals surface area (Å²) in [6.07, 6.45) is 4.96.